The van der Waals surface area contributed by atoms with Gasteiger partial charge in [-0.1, -0.05) is 6.92 Å². The fourth-order valence-corrected chi connectivity index (χ4v) is 1.53. The van der Waals surface area contributed by atoms with Crippen LogP contribution in [0.3, 0.4) is 0 Å². The van der Waals surface area contributed by atoms with Gasteiger partial charge in [0.15, 0.2) is 6.10 Å². The Morgan fingerprint density at radius 1 is 1.57 bits per heavy atom. The monoisotopic (exact) mass is 201 g/mol. The molecule has 0 bridgehead atoms. The number of rotatable bonds is 5. The first-order valence-electron chi connectivity index (χ1n) is 5.30. The van der Waals surface area contributed by atoms with Gasteiger partial charge < -0.3 is 14.8 Å². The van der Waals surface area contributed by atoms with Crippen molar-refractivity contribution in [2.75, 3.05) is 19.7 Å². The predicted octanol–water partition coefficient (Wildman–Crippen LogP) is 0.707. The van der Waals surface area contributed by atoms with Crippen LogP contribution in [0.4, 0.5) is 0 Å². The Bertz CT molecular complexity index is 178. The summed E-state index contributed by atoms with van der Waals surface area (Å²) in [4.78, 5) is 11.4. The first-order chi connectivity index (χ1) is 6.77. The summed E-state index contributed by atoms with van der Waals surface area (Å²) in [6.07, 6.45) is 1.44. The largest absolute Gasteiger partial charge is 0.464 e. The Balaban J connectivity index is 2.33. The van der Waals surface area contributed by atoms with Crippen molar-refractivity contribution >= 4 is 5.97 Å². The van der Waals surface area contributed by atoms with E-state index in [9.17, 15) is 4.79 Å². The molecule has 0 radical (unpaired) electrons. The molecule has 1 rings (SSSR count). The Hall–Kier alpha value is -0.610. The number of hydrogen-bond acceptors (Lipinski definition) is 4. The van der Waals surface area contributed by atoms with Crippen molar-refractivity contribution in [2.45, 2.75) is 38.9 Å². The second-order valence-electron chi connectivity index (χ2n) is 3.40. The summed E-state index contributed by atoms with van der Waals surface area (Å²) >= 11 is 0. The van der Waals surface area contributed by atoms with Crippen LogP contribution in [-0.2, 0) is 14.3 Å². The summed E-state index contributed by atoms with van der Waals surface area (Å²) in [6, 6.07) is 0. The normalized spacial score (nSPS) is 23.4. The number of nitrogens with one attached hydrogen (secondary N) is 1. The molecule has 14 heavy (non-hydrogen) atoms. The second kappa shape index (κ2) is 5.98. The van der Waals surface area contributed by atoms with E-state index in [0.29, 0.717) is 13.0 Å². The molecule has 4 nitrogen and oxygen atoms in total. The minimum absolute atomic E-state index is 0.171. The van der Waals surface area contributed by atoms with Gasteiger partial charge in [-0.3, -0.25) is 0 Å². The SMILES string of the molecule is CCOC(=O)C(CC)OC1CCNC1. The first-order valence-corrected chi connectivity index (χ1v) is 5.30. The lowest BCUT2D eigenvalue weighted by molar-refractivity contribution is -0.160. The van der Waals surface area contributed by atoms with Crippen LogP contribution in [-0.4, -0.2) is 37.9 Å². The van der Waals surface area contributed by atoms with Crippen LogP contribution >= 0.6 is 0 Å². The maximum atomic E-state index is 11.4. The van der Waals surface area contributed by atoms with Gasteiger partial charge in [-0.05, 0) is 26.3 Å². The van der Waals surface area contributed by atoms with Crippen molar-refractivity contribution in [3.05, 3.63) is 0 Å². The molecule has 0 amide bonds. The highest BCUT2D eigenvalue weighted by Crippen LogP contribution is 2.10. The molecular formula is C10H19NO3. The van der Waals surface area contributed by atoms with E-state index in [2.05, 4.69) is 5.32 Å². The van der Waals surface area contributed by atoms with E-state index in [4.69, 9.17) is 9.47 Å². The zero-order valence-electron chi connectivity index (χ0n) is 8.91. The van der Waals surface area contributed by atoms with Gasteiger partial charge >= 0.3 is 5.97 Å². The van der Waals surface area contributed by atoms with Crippen LogP contribution in [0.2, 0.25) is 0 Å². The lowest BCUT2D eigenvalue weighted by Gasteiger charge is -2.18. The number of hydrogen-bond donors (Lipinski definition) is 1. The molecule has 0 aromatic heterocycles. The molecule has 0 aromatic rings. The van der Waals surface area contributed by atoms with Crippen LogP contribution in [0.1, 0.15) is 26.7 Å². The molecule has 1 N–H and O–H groups in total. The van der Waals surface area contributed by atoms with E-state index in [1.54, 1.807) is 0 Å². The fourth-order valence-electron chi connectivity index (χ4n) is 1.53. The van der Waals surface area contributed by atoms with Crippen LogP contribution in [0.15, 0.2) is 0 Å². The van der Waals surface area contributed by atoms with E-state index in [-0.39, 0.29) is 18.2 Å². The average Bonchev–Trinajstić information content (AvgIpc) is 2.66. The Labute approximate surface area is 85.0 Å². The number of carbonyl (C=O) groups is 1. The third-order valence-corrected chi connectivity index (χ3v) is 2.29. The fraction of sp³-hybridized carbons (Fsp3) is 0.900. The van der Waals surface area contributed by atoms with Crippen molar-refractivity contribution in [3.63, 3.8) is 0 Å². The Kier molecular flexibility index (Phi) is 4.90. The van der Waals surface area contributed by atoms with Crippen LogP contribution in [0.5, 0.6) is 0 Å². The van der Waals surface area contributed by atoms with Gasteiger partial charge in [0.05, 0.1) is 12.7 Å². The predicted molar refractivity (Wildman–Crippen MR) is 53.1 cm³/mol. The summed E-state index contributed by atoms with van der Waals surface area (Å²) in [5, 5.41) is 3.20. The average molecular weight is 201 g/mol. The standard InChI is InChI=1S/C10H19NO3/c1-3-9(10(12)13-4-2)14-8-5-6-11-7-8/h8-9,11H,3-7H2,1-2H3. The smallest absolute Gasteiger partial charge is 0.335 e. The molecule has 82 valence electrons. The van der Waals surface area contributed by atoms with Crippen LogP contribution < -0.4 is 5.32 Å². The summed E-state index contributed by atoms with van der Waals surface area (Å²) in [7, 11) is 0. The van der Waals surface area contributed by atoms with Gasteiger partial charge in [0.1, 0.15) is 0 Å². The molecule has 1 fully saturated rings. The van der Waals surface area contributed by atoms with Gasteiger partial charge in [-0.25, -0.2) is 4.79 Å². The molecule has 1 heterocycles. The zero-order valence-corrected chi connectivity index (χ0v) is 8.91. The lowest BCUT2D eigenvalue weighted by Crippen LogP contribution is -2.31. The molecule has 1 aliphatic rings. The number of ether oxygens (including phenoxy) is 2. The van der Waals surface area contributed by atoms with E-state index >= 15 is 0 Å². The topological polar surface area (TPSA) is 47.6 Å². The highest BCUT2D eigenvalue weighted by Gasteiger charge is 2.24. The molecule has 0 aliphatic carbocycles. The minimum Gasteiger partial charge on any atom is -0.464 e. The van der Waals surface area contributed by atoms with Crippen molar-refractivity contribution < 1.29 is 14.3 Å². The second-order valence-corrected chi connectivity index (χ2v) is 3.40. The molecule has 1 aliphatic heterocycles. The van der Waals surface area contributed by atoms with Gasteiger partial charge in [0, 0.05) is 6.54 Å². The molecule has 4 heteroatoms. The minimum atomic E-state index is -0.389. The van der Waals surface area contributed by atoms with Crippen molar-refractivity contribution in [3.8, 4) is 0 Å². The number of carbonyl (C=O) groups excluding carboxylic acids is 1. The van der Waals surface area contributed by atoms with E-state index in [1.165, 1.54) is 0 Å². The Morgan fingerprint density at radius 3 is 2.86 bits per heavy atom. The molecule has 0 saturated carbocycles. The number of esters is 1. The zero-order chi connectivity index (χ0) is 10.4. The molecular weight excluding hydrogens is 182 g/mol. The third kappa shape index (κ3) is 3.27. The molecule has 2 atom stereocenters. The maximum absolute atomic E-state index is 11.4. The highest BCUT2D eigenvalue weighted by atomic mass is 16.6. The van der Waals surface area contributed by atoms with E-state index in [0.717, 1.165) is 19.5 Å². The van der Waals surface area contributed by atoms with Gasteiger partial charge in [0.25, 0.3) is 0 Å². The maximum Gasteiger partial charge on any atom is 0.335 e. The lowest BCUT2D eigenvalue weighted by atomic mass is 10.2. The summed E-state index contributed by atoms with van der Waals surface area (Å²) in [5.41, 5.74) is 0. The Morgan fingerprint density at radius 2 is 2.36 bits per heavy atom. The van der Waals surface area contributed by atoms with Crippen molar-refractivity contribution in [1.29, 1.82) is 0 Å². The third-order valence-electron chi connectivity index (χ3n) is 2.29. The molecule has 1 saturated heterocycles. The van der Waals surface area contributed by atoms with E-state index in [1.807, 2.05) is 13.8 Å². The first kappa shape index (κ1) is 11.5. The summed E-state index contributed by atoms with van der Waals surface area (Å²) in [6.45, 7) is 5.98. The highest BCUT2D eigenvalue weighted by molar-refractivity contribution is 5.74. The summed E-state index contributed by atoms with van der Waals surface area (Å²) < 4.78 is 10.6. The molecule has 0 aromatic carbocycles. The quantitative estimate of drug-likeness (QED) is 0.665. The summed E-state index contributed by atoms with van der Waals surface area (Å²) in [5.74, 6) is -0.234. The van der Waals surface area contributed by atoms with Gasteiger partial charge in [0.2, 0.25) is 0 Å². The molecule has 0 spiro atoms. The van der Waals surface area contributed by atoms with Crippen LogP contribution in [0.25, 0.3) is 0 Å². The van der Waals surface area contributed by atoms with Crippen molar-refractivity contribution in [2.24, 2.45) is 0 Å². The van der Waals surface area contributed by atoms with Gasteiger partial charge in [-0.2, -0.15) is 0 Å². The van der Waals surface area contributed by atoms with Gasteiger partial charge in [-0.15, -0.1) is 0 Å². The van der Waals surface area contributed by atoms with Crippen LogP contribution in [0, 0.1) is 0 Å². The van der Waals surface area contributed by atoms with Crippen molar-refractivity contribution in [1.82, 2.24) is 5.32 Å². The van der Waals surface area contributed by atoms with E-state index < -0.39 is 0 Å². The molecule has 2 unspecified atom stereocenters.